The number of piperidine rings is 1. The second-order valence-electron chi connectivity index (χ2n) is 9.93. The molecule has 3 aromatic carbocycles. The maximum atomic E-state index is 13.0. The molecule has 0 spiro atoms. The highest BCUT2D eigenvalue weighted by molar-refractivity contribution is 7.91. The summed E-state index contributed by atoms with van der Waals surface area (Å²) >= 11 is 0. The maximum absolute atomic E-state index is 13.0. The number of amides is 1. The zero-order valence-electron chi connectivity index (χ0n) is 22.4. The van der Waals surface area contributed by atoms with E-state index in [1.807, 2.05) is 12.1 Å². The maximum Gasteiger partial charge on any atom is 0.416 e. The Hall–Kier alpha value is -3.37. The molecule has 0 bridgehead atoms. The lowest BCUT2D eigenvalue weighted by molar-refractivity contribution is -0.137. The van der Waals surface area contributed by atoms with E-state index in [0.717, 1.165) is 41.8 Å². The van der Waals surface area contributed by atoms with Crippen LogP contribution in [-0.4, -0.2) is 46.4 Å². The summed E-state index contributed by atoms with van der Waals surface area (Å²) in [7, 11) is -1.63. The van der Waals surface area contributed by atoms with Crippen LogP contribution < -0.4 is 10.2 Å². The Bertz CT molecular complexity index is 1390. The lowest BCUT2D eigenvalue weighted by atomic mass is 9.86. The summed E-state index contributed by atoms with van der Waals surface area (Å²) in [6, 6.07) is 19.2. The van der Waals surface area contributed by atoms with E-state index < -0.39 is 21.6 Å². The lowest BCUT2D eigenvalue weighted by Crippen LogP contribution is -2.45. The molecule has 1 aliphatic heterocycles. The van der Waals surface area contributed by atoms with Crippen molar-refractivity contribution >= 4 is 21.4 Å². The lowest BCUT2D eigenvalue weighted by Gasteiger charge is -2.41. The van der Waals surface area contributed by atoms with Gasteiger partial charge in [-0.2, -0.15) is 13.2 Å². The van der Waals surface area contributed by atoms with Crippen LogP contribution in [0.25, 0.3) is 0 Å². The molecule has 40 heavy (non-hydrogen) atoms. The molecule has 0 aromatic heterocycles. The highest BCUT2D eigenvalue weighted by Crippen LogP contribution is 2.35. The molecule has 1 unspecified atom stereocenters. The van der Waals surface area contributed by atoms with E-state index in [2.05, 4.69) is 10.2 Å². The second kappa shape index (κ2) is 12.4. The average molecular weight is 575 g/mol. The number of sulfone groups is 1. The van der Waals surface area contributed by atoms with Crippen molar-refractivity contribution in [3.05, 3.63) is 95.1 Å². The van der Waals surface area contributed by atoms with Gasteiger partial charge in [0, 0.05) is 37.4 Å². The Labute approximate surface area is 233 Å². The second-order valence-corrected chi connectivity index (χ2v) is 12.2. The molecular formula is C30H33F3N2O4S. The number of hydrogen-bond donors (Lipinski definition) is 1. The van der Waals surface area contributed by atoms with E-state index in [4.69, 9.17) is 4.74 Å². The Kier molecular flexibility index (Phi) is 9.20. The fraction of sp³-hybridized carbons (Fsp3) is 0.367. The fourth-order valence-corrected chi connectivity index (χ4v) is 5.88. The number of ether oxygens (including phenoxy) is 1. The molecule has 2 atom stereocenters. The largest absolute Gasteiger partial charge is 0.416 e. The average Bonchev–Trinajstić information content (AvgIpc) is 2.96. The molecule has 3 aromatic rings. The van der Waals surface area contributed by atoms with Gasteiger partial charge in [0.1, 0.15) is 0 Å². The molecule has 0 radical (unpaired) electrons. The summed E-state index contributed by atoms with van der Waals surface area (Å²) in [6.07, 6.45) is -2.71. The SMILES string of the molecule is CCS(=O)(=O)c1ccc(CNC(=O)c2ccc(N3CC(c4ccc(C(F)(F)F)cc4)CC[C@H]3COC)cc2)cc1. The standard InChI is InChI=1S/C30H33F3N2O4S/c1-3-40(37,38)28-16-4-21(5-17-28)18-34-29(36)23-8-13-26(14-9-23)35-19-24(10-15-27(35)20-39-2)22-6-11-25(12-7-22)30(31,32)33/h4-9,11-14,16-17,24,27H,3,10,15,18-20H2,1-2H3,(H,34,36)/t24?,27-/m0/s1. The number of alkyl halides is 3. The molecule has 1 amide bonds. The summed E-state index contributed by atoms with van der Waals surface area (Å²) in [5, 5.41) is 2.86. The minimum Gasteiger partial charge on any atom is -0.383 e. The summed E-state index contributed by atoms with van der Waals surface area (Å²) in [5.41, 5.74) is 2.38. The van der Waals surface area contributed by atoms with Gasteiger partial charge in [-0.3, -0.25) is 4.79 Å². The van der Waals surface area contributed by atoms with Crippen LogP contribution in [0, 0.1) is 0 Å². The highest BCUT2D eigenvalue weighted by atomic mass is 32.2. The van der Waals surface area contributed by atoms with Gasteiger partial charge in [0.15, 0.2) is 9.84 Å². The van der Waals surface area contributed by atoms with Gasteiger partial charge < -0.3 is 15.0 Å². The van der Waals surface area contributed by atoms with E-state index in [1.54, 1.807) is 62.6 Å². The first-order valence-corrected chi connectivity index (χ1v) is 14.8. The number of anilines is 1. The Morgan fingerprint density at radius 1 is 0.975 bits per heavy atom. The Morgan fingerprint density at radius 3 is 2.20 bits per heavy atom. The van der Waals surface area contributed by atoms with E-state index in [1.165, 1.54) is 0 Å². The molecule has 214 valence electrons. The van der Waals surface area contributed by atoms with Crippen LogP contribution >= 0.6 is 0 Å². The van der Waals surface area contributed by atoms with Crippen molar-refractivity contribution in [3.8, 4) is 0 Å². The van der Waals surface area contributed by atoms with Gasteiger partial charge in [0.05, 0.1) is 28.9 Å². The monoisotopic (exact) mass is 574 g/mol. The number of nitrogens with zero attached hydrogens (tertiary/aromatic N) is 1. The minimum atomic E-state index is -4.36. The van der Waals surface area contributed by atoms with Crippen molar-refractivity contribution in [2.45, 2.75) is 49.3 Å². The quantitative estimate of drug-likeness (QED) is 0.348. The molecule has 0 saturated carbocycles. The third-order valence-electron chi connectivity index (χ3n) is 7.35. The molecular weight excluding hydrogens is 541 g/mol. The molecule has 1 heterocycles. The molecule has 1 aliphatic rings. The Morgan fingerprint density at radius 2 is 1.62 bits per heavy atom. The number of rotatable bonds is 9. The van der Waals surface area contributed by atoms with Gasteiger partial charge in [-0.15, -0.1) is 0 Å². The molecule has 0 aliphatic carbocycles. The number of benzene rings is 3. The van der Waals surface area contributed by atoms with Gasteiger partial charge in [0.25, 0.3) is 5.91 Å². The predicted octanol–water partition coefficient (Wildman–Crippen LogP) is 5.83. The van der Waals surface area contributed by atoms with Crippen molar-refractivity contribution in [3.63, 3.8) is 0 Å². The van der Waals surface area contributed by atoms with Crippen LogP contribution in [0.5, 0.6) is 0 Å². The molecule has 4 rings (SSSR count). The zero-order valence-corrected chi connectivity index (χ0v) is 23.3. The van der Waals surface area contributed by atoms with Gasteiger partial charge in [-0.05, 0) is 72.5 Å². The Balaban J connectivity index is 1.42. The number of carbonyl (C=O) groups excluding carboxylic acids is 1. The molecule has 10 heteroatoms. The van der Waals surface area contributed by atoms with Crippen molar-refractivity contribution < 1.29 is 31.1 Å². The zero-order chi connectivity index (χ0) is 28.9. The van der Waals surface area contributed by atoms with E-state index in [0.29, 0.717) is 18.7 Å². The van der Waals surface area contributed by atoms with Crippen molar-refractivity contribution in [2.75, 3.05) is 30.9 Å². The third kappa shape index (κ3) is 7.03. The number of halogens is 3. The molecule has 6 nitrogen and oxygen atoms in total. The summed E-state index contributed by atoms with van der Waals surface area (Å²) in [5.74, 6) is -0.165. The van der Waals surface area contributed by atoms with Crippen LogP contribution in [0.1, 0.15) is 52.7 Å². The number of hydrogen-bond acceptors (Lipinski definition) is 5. The van der Waals surface area contributed by atoms with E-state index in [9.17, 15) is 26.4 Å². The van der Waals surface area contributed by atoms with Crippen LogP contribution in [0.3, 0.4) is 0 Å². The predicted molar refractivity (Wildman–Crippen MR) is 148 cm³/mol. The number of methoxy groups -OCH3 is 1. The first kappa shape index (κ1) is 29.6. The normalized spacial score (nSPS) is 18.0. The van der Waals surface area contributed by atoms with Crippen LogP contribution in [-0.2, 0) is 27.3 Å². The fourth-order valence-electron chi connectivity index (χ4n) is 5.00. The van der Waals surface area contributed by atoms with E-state index in [-0.39, 0.29) is 35.1 Å². The third-order valence-corrected chi connectivity index (χ3v) is 9.10. The van der Waals surface area contributed by atoms with Gasteiger partial charge >= 0.3 is 6.18 Å². The first-order chi connectivity index (χ1) is 19.0. The molecule has 1 N–H and O–H groups in total. The highest BCUT2D eigenvalue weighted by Gasteiger charge is 2.32. The molecule has 1 fully saturated rings. The van der Waals surface area contributed by atoms with E-state index >= 15 is 0 Å². The smallest absolute Gasteiger partial charge is 0.383 e. The number of carbonyl (C=O) groups is 1. The van der Waals surface area contributed by atoms with Crippen LogP contribution in [0.15, 0.2) is 77.7 Å². The minimum absolute atomic E-state index is 0.0262. The first-order valence-electron chi connectivity index (χ1n) is 13.1. The molecule has 1 saturated heterocycles. The summed E-state index contributed by atoms with van der Waals surface area (Å²) < 4.78 is 68.4. The van der Waals surface area contributed by atoms with Gasteiger partial charge in [-0.1, -0.05) is 31.2 Å². The topological polar surface area (TPSA) is 75.7 Å². The van der Waals surface area contributed by atoms with Crippen molar-refractivity contribution in [2.24, 2.45) is 0 Å². The summed E-state index contributed by atoms with van der Waals surface area (Å²) in [4.78, 5) is 15.2. The van der Waals surface area contributed by atoms with Crippen LogP contribution in [0.4, 0.5) is 18.9 Å². The number of nitrogens with one attached hydrogen (secondary N) is 1. The van der Waals surface area contributed by atoms with Crippen molar-refractivity contribution in [1.29, 1.82) is 0 Å². The van der Waals surface area contributed by atoms with Gasteiger partial charge in [0.2, 0.25) is 0 Å². The van der Waals surface area contributed by atoms with Crippen molar-refractivity contribution in [1.82, 2.24) is 5.32 Å². The van der Waals surface area contributed by atoms with Gasteiger partial charge in [-0.25, -0.2) is 8.42 Å². The van der Waals surface area contributed by atoms with Crippen LogP contribution in [0.2, 0.25) is 0 Å². The summed E-state index contributed by atoms with van der Waals surface area (Å²) in [6.45, 7) is 2.98.